The lowest BCUT2D eigenvalue weighted by Crippen LogP contribution is -2.35. The molecule has 6 heteroatoms. The standard InChI is InChI=1S/C20H23NO5/c1-25-17-9-7-14(8-10-17)11-19(22)21-13-16(20(23)24)12-15-5-3-4-6-18(15)26-2/h3-10,16H,11-13H2,1-2H3,(H,21,22)(H,23,24). The van der Waals surface area contributed by atoms with Crippen LogP contribution in [0.5, 0.6) is 11.5 Å². The molecule has 1 amide bonds. The number of carboxylic acids is 1. The molecule has 0 saturated carbocycles. The van der Waals surface area contributed by atoms with Crippen LogP contribution in [0.1, 0.15) is 11.1 Å². The molecule has 0 aliphatic rings. The molecular weight excluding hydrogens is 334 g/mol. The van der Waals surface area contributed by atoms with E-state index in [1.165, 1.54) is 0 Å². The highest BCUT2D eigenvalue weighted by atomic mass is 16.5. The molecule has 0 heterocycles. The first kappa shape index (κ1) is 19.3. The van der Waals surface area contributed by atoms with E-state index in [9.17, 15) is 14.7 Å². The fourth-order valence-corrected chi connectivity index (χ4v) is 2.61. The Morgan fingerprint density at radius 2 is 1.73 bits per heavy atom. The summed E-state index contributed by atoms with van der Waals surface area (Å²) in [5.74, 6) is -0.548. The van der Waals surface area contributed by atoms with Crippen molar-refractivity contribution < 1.29 is 24.2 Å². The van der Waals surface area contributed by atoms with Crippen LogP contribution >= 0.6 is 0 Å². The number of carboxylic acid groups (broad SMARTS) is 1. The lowest BCUT2D eigenvalue weighted by atomic mass is 9.98. The molecule has 6 nitrogen and oxygen atoms in total. The lowest BCUT2D eigenvalue weighted by Gasteiger charge is -2.15. The smallest absolute Gasteiger partial charge is 0.308 e. The molecule has 0 radical (unpaired) electrons. The second-order valence-electron chi connectivity index (χ2n) is 5.88. The van der Waals surface area contributed by atoms with Crippen LogP contribution in [0.25, 0.3) is 0 Å². The van der Waals surface area contributed by atoms with Gasteiger partial charge in [0.1, 0.15) is 11.5 Å². The van der Waals surface area contributed by atoms with Gasteiger partial charge in [0.2, 0.25) is 5.91 Å². The summed E-state index contributed by atoms with van der Waals surface area (Å²) < 4.78 is 10.3. The normalized spacial score (nSPS) is 11.5. The molecule has 0 saturated heterocycles. The highest BCUT2D eigenvalue weighted by Crippen LogP contribution is 2.21. The number of hydrogen-bond donors (Lipinski definition) is 2. The maximum absolute atomic E-state index is 12.1. The second kappa shape index (κ2) is 9.46. The van der Waals surface area contributed by atoms with Crippen molar-refractivity contribution in [1.29, 1.82) is 0 Å². The number of para-hydroxylation sites is 1. The van der Waals surface area contributed by atoms with Crippen LogP contribution in [0.2, 0.25) is 0 Å². The summed E-state index contributed by atoms with van der Waals surface area (Å²) in [6.45, 7) is 0.0579. The first-order valence-electron chi connectivity index (χ1n) is 8.27. The van der Waals surface area contributed by atoms with Crippen LogP contribution in [0.15, 0.2) is 48.5 Å². The Kier molecular flexibility index (Phi) is 7.02. The Bertz CT molecular complexity index is 742. The molecule has 26 heavy (non-hydrogen) atoms. The molecule has 138 valence electrons. The number of carbonyl (C=O) groups is 2. The van der Waals surface area contributed by atoms with Gasteiger partial charge in [0.15, 0.2) is 0 Å². The van der Waals surface area contributed by atoms with Gasteiger partial charge in [0.25, 0.3) is 0 Å². The van der Waals surface area contributed by atoms with Crippen LogP contribution in [-0.2, 0) is 22.4 Å². The van der Waals surface area contributed by atoms with Gasteiger partial charge in [-0.15, -0.1) is 0 Å². The number of rotatable bonds is 9. The number of hydrogen-bond acceptors (Lipinski definition) is 4. The summed E-state index contributed by atoms with van der Waals surface area (Å²) in [5, 5.41) is 12.2. The van der Waals surface area contributed by atoms with Crippen molar-refractivity contribution in [3.8, 4) is 11.5 Å². The van der Waals surface area contributed by atoms with E-state index in [-0.39, 0.29) is 25.3 Å². The molecule has 0 spiro atoms. The zero-order chi connectivity index (χ0) is 18.9. The summed E-state index contributed by atoms with van der Waals surface area (Å²) in [7, 11) is 3.13. The Morgan fingerprint density at radius 3 is 2.35 bits per heavy atom. The molecule has 0 aromatic heterocycles. The zero-order valence-corrected chi connectivity index (χ0v) is 14.9. The van der Waals surface area contributed by atoms with Gasteiger partial charge in [-0.05, 0) is 35.7 Å². The Labute approximate surface area is 152 Å². The lowest BCUT2D eigenvalue weighted by molar-refractivity contribution is -0.141. The number of carbonyl (C=O) groups excluding carboxylic acids is 1. The van der Waals surface area contributed by atoms with Gasteiger partial charge in [-0.1, -0.05) is 30.3 Å². The molecule has 2 aromatic rings. The maximum atomic E-state index is 12.1. The predicted molar refractivity (Wildman–Crippen MR) is 97.5 cm³/mol. The van der Waals surface area contributed by atoms with E-state index in [0.717, 1.165) is 16.9 Å². The molecule has 1 atom stereocenters. The summed E-state index contributed by atoms with van der Waals surface area (Å²) in [5.41, 5.74) is 1.63. The first-order valence-corrected chi connectivity index (χ1v) is 8.27. The average molecular weight is 357 g/mol. The molecule has 0 aliphatic carbocycles. The van der Waals surface area contributed by atoms with Crippen LogP contribution in [0.4, 0.5) is 0 Å². The topological polar surface area (TPSA) is 84.9 Å². The monoisotopic (exact) mass is 357 g/mol. The van der Waals surface area contributed by atoms with Crippen molar-refractivity contribution in [2.45, 2.75) is 12.8 Å². The minimum Gasteiger partial charge on any atom is -0.497 e. The summed E-state index contributed by atoms with van der Waals surface area (Å²) in [4.78, 5) is 23.6. The van der Waals surface area contributed by atoms with E-state index >= 15 is 0 Å². The fourth-order valence-electron chi connectivity index (χ4n) is 2.61. The number of aliphatic carboxylic acids is 1. The van der Waals surface area contributed by atoms with Crippen molar-refractivity contribution in [1.82, 2.24) is 5.32 Å². The Hall–Kier alpha value is -3.02. The molecule has 2 rings (SSSR count). The number of amides is 1. The van der Waals surface area contributed by atoms with E-state index in [4.69, 9.17) is 9.47 Å². The van der Waals surface area contributed by atoms with Gasteiger partial charge < -0.3 is 19.9 Å². The third kappa shape index (κ3) is 5.51. The third-order valence-corrected chi connectivity index (χ3v) is 4.08. The molecule has 1 unspecified atom stereocenters. The Morgan fingerprint density at radius 1 is 1.04 bits per heavy atom. The van der Waals surface area contributed by atoms with Gasteiger partial charge in [-0.2, -0.15) is 0 Å². The number of nitrogens with one attached hydrogen (secondary N) is 1. The zero-order valence-electron chi connectivity index (χ0n) is 14.9. The van der Waals surface area contributed by atoms with Gasteiger partial charge in [0, 0.05) is 6.54 Å². The van der Waals surface area contributed by atoms with Crippen LogP contribution in [0, 0.1) is 5.92 Å². The van der Waals surface area contributed by atoms with Crippen LogP contribution in [0.3, 0.4) is 0 Å². The quantitative estimate of drug-likeness (QED) is 0.719. The third-order valence-electron chi connectivity index (χ3n) is 4.08. The number of benzene rings is 2. The highest BCUT2D eigenvalue weighted by molar-refractivity contribution is 5.79. The van der Waals surface area contributed by atoms with Crippen molar-refractivity contribution in [3.05, 3.63) is 59.7 Å². The average Bonchev–Trinajstić information content (AvgIpc) is 2.65. The van der Waals surface area contributed by atoms with Gasteiger partial charge >= 0.3 is 5.97 Å². The molecule has 0 fully saturated rings. The summed E-state index contributed by atoms with van der Waals surface area (Å²) in [6, 6.07) is 14.5. The fraction of sp³-hybridized carbons (Fsp3) is 0.300. The van der Waals surface area contributed by atoms with Gasteiger partial charge in [-0.3, -0.25) is 9.59 Å². The SMILES string of the molecule is COc1ccc(CC(=O)NCC(Cc2ccccc2OC)C(=O)O)cc1. The molecule has 0 bridgehead atoms. The minimum atomic E-state index is -0.958. The van der Waals surface area contributed by atoms with Crippen molar-refractivity contribution in [2.24, 2.45) is 5.92 Å². The van der Waals surface area contributed by atoms with E-state index in [0.29, 0.717) is 5.75 Å². The van der Waals surface area contributed by atoms with Crippen molar-refractivity contribution >= 4 is 11.9 Å². The summed E-state index contributed by atoms with van der Waals surface area (Å²) in [6.07, 6.45) is 0.465. The molecule has 0 aliphatic heterocycles. The minimum absolute atomic E-state index is 0.0579. The van der Waals surface area contributed by atoms with Gasteiger partial charge in [-0.25, -0.2) is 0 Å². The largest absolute Gasteiger partial charge is 0.497 e. The maximum Gasteiger partial charge on any atom is 0.308 e. The Balaban J connectivity index is 1.92. The van der Waals surface area contributed by atoms with Crippen LogP contribution in [-0.4, -0.2) is 37.7 Å². The van der Waals surface area contributed by atoms with E-state index in [2.05, 4.69) is 5.32 Å². The first-order chi connectivity index (χ1) is 12.5. The second-order valence-corrected chi connectivity index (χ2v) is 5.88. The molecular formula is C20H23NO5. The van der Waals surface area contributed by atoms with Crippen LogP contribution < -0.4 is 14.8 Å². The number of ether oxygens (including phenoxy) is 2. The van der Waals surface area contributed by atoms with E-state index in [1.54, 1.807) is 32.4 Å². The highest BCUT2D eigenvalue weighted by Gasteiger charge is 2.20. The number of methoxy groups -OCH3 is 2. The molecule has 2 N–H and O–H groups in total. The summed E-state index contributed by atoms with van der Waals surface area (Å²) >= 11 is 0. The van der Waals surface area contributed by atoms with Crippen molar-refractivity contribution in [3.63, 3.8) is 0 Å². The van der Waals surface area contributed by atoms with Gasteiger partial charge in [0.05, 0.1) is 26.6 Å². The predicted octanol–water partition coefficient (Wildman–Crippen LogP) is 2.31. The van der Waals surface area contributed by atoms with E-state index in [1.807, 2.05) is 30.3 Å². The van der Waals surface area contributed by atoms with E-state index < -0.39 is 11.9 Å². The molecule has 2 aromatic carbocycles. The van der Waals surface area contributed by atoms with Crippen molar-refractivity contribution in [2.75, 3.05) is 20.8 Å².